The van der Waals surface area contributed by atoms with Crippen molar-refractivity contribution < 1.29 is 14.6 Å². The molecule has 0 heterocycles. The highest BCUT2D eigenvalue weighted by Crippen LogP contribution is 2.10. The van der Waals surface area contributed by atoms with E-state index in [0.717, 1.165) is 12.5 Å². The van der Waals surface area contributed by atoms with Crippen molar-refractivity contribution in [3.05, 3.63) is 12.7 Å². The third-order valence-electron chi connectivity index (χ3n) is 2.17. The minimum absolute atomic E-state index is 0.372. The predicted octanol–water partition coefficient (Wildman–Crippen LogP) is 2.54. The van der Waals surface area contributed by atoms with Gasteiger partial charge in [0.25, 0.3) is 0 Å². The average molecular weight is 216 g/mol. The second-order valence-electron chi connectivity index (χ2n) is 3.33. The van der Waals surface area contributed by atoms with Gasteiger partial charge in [0.05, 0.1) is 7.11 Å². The van der Waals surface area contributed by atoms with Crippen molar-refractivity contribution in [3.8, 4) is 0 Å². The summed E-state index contributed by atoms with van der Waals surface area (Å²) in [6.45, 7) is 7.85. The number of hydrogen-bond acceptors (Lipinski definition) is 3. The molecule has 0 aliphatic carbocycles. The van der Waals surface area contributed by atoms with E-state index >= 15 is 0 Å². The first-order valence-corrected chi connectivity index (χ1v) is 5.47. The van der Waals surface area contributed by atoms with Crippen molar-refractivity contribution in [2.45, 2.75) is 39.5 Å². The van der Waals surface area contributed by atoms with Crippen molar-refractivity contribution in [2.24, 2.45) is 5.92 Å². The van der Waals surface area contributed by atoms with E-state index in [2.05, 4.69) is 25.2 Å². The quantitative estimate of drug-likeness (QED) is 0.548. The molecule has 0 bridgehead atoms. The molecule has 0 radical (unpaired) electrons. The van der Waals surface area contributed by atoms with Crippen molar-refractivity contribution in [3.63, 3.8) is 0 Å². The third kappa shape index (κ3) is 13.2. The highest BCUT2D eigenvalue weighted by Gasteiger charge is 2.01. The first kappa shape index (κ1) is 16.6. The fourth-order valence-corrected chi connectivity index (χ4v) is 1.00. The number of unbranched alkanes of at least 4 members (excludes halogenated alkanes) is 1. The number of methoxy groups -OCH3 is 1. The van der Waals surface area contributed by atoms with Gasteiger partial charge in [-0.3, -0.25) is 0 Å². The average Bonchev–Trinajstić information content (AvgIpc) is 2.30. The molecule has 0 aromatic rings. The van der Waals surface area contributed by atoms with Gasteiger partial charge in [0.1, 0.15) is 0 Å². The lowest BCUT2D eigenvalue weighted by Crippen LogP contribution is -2.03. The van der Waals surface area contributed by atoms with E-state index in [1.807, 2.05) is 0 Å². The summed E-state index contributed by atoms with van der Waals surface area (Å²) >= 11 is 0. The number of carbonyl (C=O) groups excluding carboxylic acids is 1. The summed E-state index contributed by atoms with van der Waals surface area (Å²) in [5.74, 6) is 0.167. The van der Waals surface area contributed by atoms with Crippen LogP contribution in [0.4, 0.5) is 0 Å². The molecule has 0 spiro atoms. The van der Waals surface area contributed by atoms with Gasteiger partial charge in [0.2, 0.25) is 0 Å². The molecule has 0 aromatic heterocycles. The normalized spacial score (nSPS) is 10.9. The van der Waals surface area contributed by atoms with Gasteiger partial charge in [-0.05, 0) is 12.3 Å². The van der Waals surface area contributed by atoms with E-state index in [1.54, 1.807) is 0 Å². The van der Waals surface area contributed by atoms with Crippen LogP contribution in [0.3, 0.4) is 0 Å². The maximum Gasteiger partial charge on any atom is 0.329 e. The van der Waals surface area contributed by atoms with Crippen molar-refractivity contribution in [1.29, 1.82) is 0 Å². The van der Waals surface area contributed by atoms with E-state index in [0.29, 0.717) is 12.5 Å². The van der Waals surface area contributed by atoms with Gasteiger partial charge < -0.3 is 9.84 Å². The minimum Gasteiger partial charge on any atom is -0.466 e. The summed E-state index contributed by atoms with van der Waals surface area (Å²) in [6.07, 6.45) is 5.94. The number of hydrogen-bond donors (Lipinski definition) is 1. The molecule has 15 heavy (non-hydrogen) atoms. The maximum atomic E-state index is 9.84. The Hall–Kier alpha value is -0.830. The number of carbonyl (C=O) groups is 1. The fraction of sp³-hybridized carbons (Fsp3) is 0.750. The predicted molar refractivity (Wildman–Crippen MR) is 62.6 cm³/mol. The molecular formula is C12H24O3. The Balaban J connectivity index is 0. The van der Waals surface area contributed by atoms with Crippen LogP contribution in [0.5, 0.6) is 0 Å². The van der Waals surface area contributed by atoms with E-state index in [1.165, 1.54) is 26.4 Å². The van der Waals surface area contributed by atoms with Crippen molar-refractivity contribution >= 4 is 5.97 Å². The molecule has 1 N–H and O–H groups in total. The van der Waals surface area contributed by atoms with Gasteiger partial charge in [0.15, 0.2) is 0 Å². The standard InChI is InChI=1S/C8H18O.C4H6O2/c1-3-5-6-8(4-2)7-9;1-3-4(5)6-2/h8-9H,3-7H2,1-2H3;3H,1H2,2H3. The lowest BCUT2D eigenvalue weighted by atomic mass is 10.0. The SMILES string of the molecule is C=CC(=O)OC.CCCCC(CC)CO. The zero-order chi connectivity index (χ0) is 12.1. The second kappa shape index (κ2) is 13.2. The second-order valence-corrected chi connectivity index (χ2v) is 3.33. The number of rotatable bonds is 6. The summed E-state index contributed by atoms with van der Waals surface area (Å²) in [6, 6.07) is 0. The maximum absolute atomic E-state index is 9.84. The minimum atomic E-state index is -0.394. The summed E-state index contributed by atoms with van der Waals surface area (Å²) in [5.41, 5.74) is 0. The van der Waals surface area contributed by atoms with E-state index in [4.69, 9.17) is 5.11 Å². The van der Waals surface area contributed by atoms with Gasteiger partial charge in [-0.15, -0.1) is 0 Å². The molecule has 1 atom stereocenters. The number of aliphatic hydroxyl groups is 1. The Labute approximate surface area is 93.1 Å². The van der Waals surface area contributed by atoms with Crippen LogP contribution < -0.4 is 0 Å². The first-order valence-electron chi connectivity index (χ1n) is 5.47. The summed E-state index contributed by atoms with van der Waals surface area (Å²) < 4.78 is 4.14. The fourth-order valence-electron chi connectivity index (χ4n) is 1.00. The molecule has 0 saturated heterocycles. The molecule has 3 heteroatoms. The lowest BCUT2D eigenvalue weighted by Gasteiger charge is -2.08. The highest BCUT2D eigenvalue weighted by atomic mass is 16.5. The lowest BCUT2D eigenvalue weighted by molar-refractivity contribution is -0.134. The number of ether oxygens (including phenoxy) is 1. The molecule has 0 aromatic carbocycles. The van der Waals surface area contributed by atoms with Crippen LogP contribution in [0.1, 0.15) is 39.5 Å². The molecule has 0 amide bonds. The monoisotopic (exact) mass is 216 g/mol. The molecule has 0 rings (SSSR count). The van der Waals surface area contributed by atoms with E-state index in [-0.39, 0.29) is 0 Å². The van der Waals surface area contributed by atoms with Crippen molar-refractivity contribution in [1.82, 2.24) is 0 Å². The van der Waals surface area contributed by atoms with Gasteiger partial charge in [-0.2, -0.15) is 0 Å². The molecular weight excluding hydrogens is 192 g/mol. The van der Waals surface area contributed by atoms with E-state index < -0.39 is 5.97 Å². The Morgan fingerprint density at radius 1 is 1.53 bits per heavy atom. The topological polar surface area (TPSA) is 46.5 Å². The van der Waals surface area contributed by atoms with Crippen LogP contribution in [0, 0.1) is 5.92 Å². The summed E-state index contributed by atoms with van der Waals surface area (Å²) in [5, 5.41) is 8.75. The molecule has 0 saturated carbocycles. The third-order valence-corrected chi connectivity index (χ3v) is 2.17. The van der Waals surface area contributed by atoms with Crippen LogP contribution >= 0.6 is 0 Å². The molecule has 0 aliphatic rings. The Morgan fingerprint density at radius 2 is 2.13 bits per heavy atom. The largest absolute Gasteiger partial charge is 0.466 e. The zero-order valence-electron chi connectivity index (χ0n) is 10.2. The number of esters is 1. The zero-order valence-corrected chi connectivity index (χ0v) is 10.2. The molecule has 90 valence electrons. The molecule has 1 unspecified atom stereocenters. The molecule has 0 aliphatic heterocycles. The van der Waals surface area contributed by atoms with Crippen LogP contribution in [0.25, 0.3) is 0 Å². The van der Waals surface area contributed by atoms with Gasteiger partial charge in [-0.1, -0.05) is 39.7 Å². The summed E-state index contributed by atoms with van der Waals surface area (Å²) in [7, 11) is 1.31. The van der Waals surface area contributed by atoms with E-state index in [9.17, 15) is 4.79 Å². The van der Waals surface area contributed by atoms with Crippen molar-refractivity contribution in [2.75, 3.05) is 13.7 Å². The Morgan fingerprint density at radius 3 is 2.33 bits per heavy atom. The van der Waals surface area contributed by atoms with Gasteiger partial charge >= 0.3 is 5.97 Å². The van der Waals surface area contributed by atoms with Gasteiger partial charge in [-0.25, -0.2) is 4.79 Å². The Bertz CT molecular complexity index is 151. The first-order chi connectivity index (χ1) is 7.15. The van der Waals surface area contributed by atoms with Crippen LogP contribution in [-0.2, 0) is 9.53 Å². The summed E-state index contributed by atoms with van der Waals surface area (Å²) in [4.78, 5) is 9.84. The van der Waals surface area contributed by atoms with Crippen LogP contribution in [-0.4, -0.2) is 24.8 Å². The van der Waals surface area contributed by atoms with Crippen LogP contribution in [0.15, 0.2) is 12.7 Å². The molecule has 3 nitrogen and oxygen atoms in total. The molecule has 0 fully saturated rings. The number of aliphatic hydroxyl groups excluding tert-OH is 1. The van der Waals surface area contributed by atoms with Gasteiger partial charge in [0, 0.05) is 12.7 Å². The van der Waals surface area contributed by atoms with Crippen LogP contribution in [0.2, 0.25) is 0 Å². The highest BCUT2D eigenvalue weighted by molar-refractivity contribution is 5.80. The Kier molecular flexibility index (Phi) is 14.6. The smallest absolute Gasteiger partial charge is 0.329 e.